The summed E-state index contributed by atoms with van der Waals surface area (Å²) in [6.45, 7) is 0.677. The second-order valence-corrected chi connectivity index (χ2v) is 6.28. The summed E-state index contributed by atoms with van der Waals surface area (Å²) in [6.07, 6.45) is 2.32. The molecule has 1 heterocycles. The van der Waals surface area contributed by atoms with E-state index in [0.29, 0.717) is 12.1 Å². The number of carbonyl (C=O) groups is 2. The zero-order valence-corrected chi connectivity index (χ0v) is 13.6. The van der Waals surface area contributed by atoms with E-state index >= 15 is 0 Å². The molecule has 7 nitrogen and oxygen atoms in total. The zero-order valence-electron chi connectivity index (χ0n) is 13.6. The zero-order chi connectivity index (χ0) is 18.2. The quantitative estimate of drug-likeness (QED) is 0.750. The number of halogens is 1. The van der Waals surface area contributed by atoms with Gasteiger partial charge < -0.3 is 15.5 Å². The highest BCUT2D eigenvalue weighted by Gasteiger charge is 2.32. The fraction of sp³-hybridized carbons (Fsp3) is 0.353. The van der Waals surface area contributed by atoms with E-state index in [1.807, 2.05) is 0 Å². The van der Waals surface area contributed by atoms with E-state index in [0.717, 1.165) is 31.0 Å². The van der Waals surface area contributed by atoms with Gasteiger partial charge in [0.05, 0.1) is 12.2 Å². The highest BCUT2D eigenvalue weighted by Crippen LogP contribution is 2.28. The van der Waals surface area contributed by atoms with Gasteiger partial charge in [-0.25, -0.2) is 13.9 Å². The minimum absolute atomic E-state index is 0.206. The topological polar surface area (TPSA) is 104 Å². The number of carboxylic acid groups (broad SMARTS) is 1. The van der Waals surface area contributed by atoms with Crippen molar-refractivity contribution in [3.8, 4) is 5.69 Å². The number of hydrogen-bond donors (Lipinski definition) is 3. The Morgan fingerprint density at radius 1 is 1.32 bits per heavy atom. The van der Waals surface area contributed by atoms with Crippen LogP contribution in [0.3, 0.4) is 0 Å². The van der Waals surface area contributed by atoms with Crippen LogP contribution < -0.4 is 5.32 Å². The van der Waals surface area contributed by atoms with E-state index in [-0.39, 0.29) is 11.5 Å². The normalized spacial score (nSPS) is 15.5. The Hall–Kier alpha value is -2.74. The molecular formula is C17H18FN3O4. The maximum absolute atomic E-state index is 13.1. The third-order valence-corrected chi connectivity index (χ3v) is 4.27. The highest BCUT2D eigenvalue weighted by atomic mass is 19.1. The number of amides is 1. The van der Waals surface area contributed by atoms with E-state index < -0.39 is 24.0 Å². The second kappa shape index (κ2) is 6.29. The number of benzene rings is 1. The van der Waals surface area contributed by atoms with Crippen molar-refractivity contribution in [2.24, 2.45) is 0 Å². The number of carboxylic acids is 1. The minimum Gasteiger partial charge on any atom is -0.479 e. The van der Waals surface area contributed by atoms with Gasteiger partial charge in [0.15, 0.2) is 11.3 Å². The fourth-order valence-corrected chi connectivity index (χ4v) is 2.83. The third-order valence-electron chi connectivity index (χ3n) is 4.27. The first-order valence-corrected chi connectivity index (χ1v) is 7.90. The molecule has 0 saturated carbocycles. The number of fused-ring (bicyclic) bond motifs is 1. The lowest BCUT2D eigenvalue weighted by atomic mass is 10.1. The van der Waals surface area contributed by atoms with Crippen LogP contribution in [0.1, 0.15) is 35.1 Å². The van der Waals surface area contributed by atoms with Gasteiger partial charge in [-0.1, -0.05) is 0 Å². The molecule has 0 radical (unpaired) electrons. The monoisotopic (exact) mass is 347 g/mol. The van der Waals surface area contributed by atoms with Crippen molar-refractivity contribution in [1.29, 1.82) is 0 Å². The summed E-state index contributed by atoms with van der Waals surface area (Å²) >= 11 is 0. The van der Waals surface area contributed by atoms with Crippen molar-refractivity contribution >= 4 is 11.9 Å². The lowest BCUT2D eigenvalue weighted by molar-refractivity contribution is -0.155. The Labute approximate surface area is 143 Å². The molecule has 0 spiro atoms. The molecule has 8 heteroatoms. The Kier molecular flexibility index (Phi) is 4.30. The van der Waals surface area contributed by atoms with Crippen LogP contribution in [-0.4, -0.2) is 44.0 Å². The number of aliphatic hydroxyl groups is 1. The van der Waals surface area contributed by atoms with E-state index in [1.54, 1.807) is 16.8 Å². The Balaban J connectivity index is 1.88. The van der Waals surface area contributed by atoms with E-state index in [9.17, 15) is 19.1 Å². The van der Waals surface area contributed by atoms with Gasteiger partial charge in [-0.3, -0.25) is 4.79 Å². The lowest BCUT2D eigenvalue weighted by Crippen LogP contribution is -2.46. The van der Waals surface area contributed by atoms with Gasteiger partial charge in [-0.05, 0) is 50.5 Å². The number of rotatable bonds is 5. The largest absolute Gasteiger partial charge is 0.479 e. The molecule has 1 aromatic heterocycles. The molecule has 1 atom stereocenters. The molecule has 0 saturated heterocycles. The number of carbonyl (C=O) groups excluding carboxylic acids is 1. The summed E-state index contributed by atoms with van der Waals surface area (Å²) in [5.74, 6) is -2.32. The Morgan fingerprint density at radius 3 is 2.64 bits per heavy atom. The molecule has 0 aliphatic heterocycles. The molecule has 1 unspecified atom stereocenters. The van der Waals surface area contributed by atoms with Crippen molar-refractivity contribution in [2.45, 2.75) is 31.8 Å². The van der Waals surface area contributed by atoms with Crippen LogP contribution in [-0.2, 0) is 17.6 Å². The molecule has 25 heavy (non-hydrogen) atoms. The maximum Gasteiger partial charge on any atom is 0.337 e. The molecular weight excluding hydrogens is 329 g/mol. The molecule has 3 rings (SSSR count). The predicted molar refractivity (Wildman–Crippen MR) is 86.1 cm³/mol. The van der Waals surface area contributed by atoms with Crippen LogP contribution >= 0.6 is 0 Å². The van der Waals surface area contributed by atoms with Gasteiger partial charge in [0.25, 0.3) is 5.91 Å². The summed E-state index contributed by atoms with van der Waals surface area (Å²) < 4.78 is 14.7. The van der Waals surface area contributed by atoms with Crippen LogP contribution in [0.4, 0.5) is 4.39 Å². The molecule has 0 fully saturated rings. The molecule has 0 bridgehead atoms. The lowest BCUT2D eigenvalue weighted by Gasteiger charge is -2.17. The first kappa shape index (κ1) is 17.1. The summed E-state index contributed by atoms with van der Waals surface area (Å²) in [5, 5.41) is 25.4. The minimum atomic E-state index is -2.06. The van der Waals surface area contributed by atoms with Crippen molar-refractivity contribution in [1.82, 2.24) is 15.1 Å². The van der Waals surface area contributed by atoms with Gasteiger partial charge in [0, 0.05) is 11.3 Å². The van der Waals surface area contributed by atoms with Gasteiger partial charge in [0.2, 0.25) is 0 Å². The highest BCUT2D eigenvalue weighted by molar-refractivity contribution is 5.94. The number of aromatic nitrogens is 2. The van der Waals surface area contributed by atoms with Crippen LogP contribution in [0.15, 0.2) is 24.3 Å². The Bertz CT molecular complexity index is 827. The number of nitrogens with one attached hydrogen (secondary N) is 1. The van der Waals surface area contributed by atoms with E-state index in [4.69, 9.17) is 5.11 Å². The average Bonchev–Trinajstić information content (AvgIpc) is 3.16. The number of aliphatic carboxylic acids is 1. The maximum atomic E-state index is 13.1. The summed E-state index contributed by atoms with van der Waals surface area (Å²) in [4.78, 5) is 23.3. The Morgan fingerprint density at radius 2 is 2.00 bits per heavy atom. The molecule has 2 aromatic rings. The molecule has 1 aliphatic rings. The second-order valence-electron chi connectivity index (χ2n) is 6.28. The van der Waals surface area contributed by atoms with E-state index in [2.05, 4.69) is 10.4 Å². The molecule has 132 valence electrons. The smallest absolute Gasteiger partial charge is 0.337 e. The van der Waals surface area contributed by atoms with Gasteiger partial charge in [-0.2, -0.15) is 5.10 Å². The van der Waals surface area contributed by atoms with Gasteiger partial charge in [-0.15, -0.1) is 0 Å². The third kappa shape index (κ3) is 3.25. The standard InChI is InChI=1S/C17H18FN3O4/c1-17(25,16(23)24)9-19-15(22)14-12-3-2-4-13(12)21(20-14)11-7-5-10(18)6-8-11/h5-8,25H,2-4,9H2,1H3,(H,19,22)(H,23,24). The van der Waals surface area contributed by atoms with Crippen LogP contribution in [0.5, 0.6) is 0 Å². The van der Waals surface area contributed by atoms with Crippen molar-refractivity contribution in [3.63, 3.8) is 0 Å². The van der Waals surface area contributed by atoms with Crippen LogP contribution in [0.2, 0.25) is 0 Å². The summed E-state index contributed by atoms with van der Waals surface area (Å²) in [5.41, 5.74) is 0.492. The first-order valence-electron chi connectivity index (χ1n) is 7.90. The summed E-state index contributed by atoms with van der Waals surface area (Å²) in [7, 11) is 0. The van der Waals surface area contributed by atoms with Gasteiger partial charge in [0.1, 0.15) is 5.82 Å². The SMILES string of the molecule is CC(O)(CNC(=O)c1nn(-c2ccc(F)cc2)c2c1CCC2)C(=O)O. The average molecular weight is 347 g/mol. The van der Waals surface area contributed by atoms with Gasteiger partial charge >= 0.3 is 5.97 Å². The number of nitrogens with zero attached hydrogens (tertiary/aromatic N) is 2. The van der Waals surface area contributed by atoms with E-state index in [1.165, 1.54) is 12.1 Å². The van der Waals surface area contributed by atoms with Crippen molar-refractivity contribution in [3.05, 3.63) is 47.0 Å². The van der Waals surface area contributed by atoms with Crippen LogP contribution in [0, 0.1) is 5.82 Å². The fourth-order valence-electron chi connectivity index (χ4n) is 2.83. The number of hydrogen-bond acceptors (Lipinski definition) is 4. The predicted octanol–water partition coefficient (Wildman–Crippen LogP) is 1.07. The molecule has 1 amide bonds. The van der Waals surface area contributed by atoms with Crippen LogP contribution in [0.25, 0.3) is 5.69 Å². The molecule has 1 aromatic carbocycles. The first-order chi connectivity index (χ1) is 11.8. The van der Waals surface area contributed by atoms with Crippen molar-refractivity contribution in [2.75, 3.05) is 6.54 Å². The summed E-state index contributed by atoms with van der Waals surface area (Å²) in [6, 6.07) is 5.81. The molecule has 3 N–H and O–H groups in total. The van der Waals surface area contributed by atoms with Crippen molar-refractivity contribution < 1.29 is 24.2 Å². The molecule has 1 aliphatic carbocycles.